The minimum absolute atomic E-state index is 0.909. The Balaban J connectivity index is 1.70. The van der Waals surface area contributed by atoms with Gasteiger partial charge in [0.15, 0.2) is 0 Å². The Kier molecular flexibility index (Phi) is 4.85. The highest BCUT2D eigenvalue weighted by molar-refractivity contribution is 5.14. The minimum Gasteiger partial charge on any atom is -0.0853 e. The van der Waals surface area contributed by atoms with Crippen LogP contribution in [0.4, 0.5) is 0 Å². The van der Waals surface area contributed by atoms with Crippen molar-refractivity contribution in [1.82, 2.24) is 0 Å². The summed E-state index contributed by atoms with van der Waals surface area (Å²) in [4.78, 5) is 0. The van der Waals surface area contributed by atoms with E-state index in [1.165, 1.54) is 50.5 Å². The van der Waals surface area contributed by atoms with E-state index in [4.69, 9.17) is 0 Å². The van der Waals surface area contributed by atoms with Gasteiger partial charge in [0, 0.05) is 0 Å². The number of allylic oxidation sites excluding steroid dienone is 2. The molecule has 0 radical (unpaired) electrons. The molecule has 0 atom stereocenters. The van der Waals surface area contributed by atoms with Crippen LogP contribution in [0.15, 0.2) is 42.0 Å². The van der Waals surface area contributed by atoms with Gasteiger partial charge in [-0.15, -0.1) is 0 Å². The van der Waals surface area contributed by atoms with Gasteiger partial charge in [0.1, 0.15) is 0 Å². The van der Waals surface area contributed by atoms with Gasteiger partial charge in [-0.1, -0.05) is 54.8 Å². The molecule has 0 amide bonds. The largest absolute Gasteiger partial charge is 0.0853 e. The van der Waals surface area contributed by atoms with E-state index in [2.05, 4.69) is 43.3 Å². The van der Waals surface area contributed by atoms with E-state index in [1.54, 1.807) is 5.57 Å². The summed E-state index contributed by atoms with van der Waals surface area (Å²) >= 11 is 0. The van der Waals surface area contributed by atoms with Gasteiger partial charge in [0.25, 0.3) is 0 Å². The first-order valence-electron chi connectivity index (χ1n) is 7.07. The molecule has 1 saturated carbocycles. The van der Waals surface area contributed by atoms with Crippen molar-refractivity contribution in [3.63, 3.8) is 0 Å². The Labute approximate surface area is 106 Å². The lowest BCUT2D eigenvalue weighted by Crippen LogP contribution is -1.94. The summed E-state index contributed by atoms with van der Waals surface area (Å²) in [6.07, 6.45) is 12.0. The van der Waals surface area contributed by atoms with Crippen LogP contribution in [-0.4, -0.2) is 0 Å². The smallest absolute Gasteiger partial charge is 0.0206 e. The second-order valence-corrected chi connectivity index (χ2v) is 5.31. The highest BCUT2D eigenvalue weighted by Crippen LogP contribution is 2.30. The molecule has 0 nitrogen and oxygen atoms in total. The van der Waals surface area contributed by atoms with E-state index in [9.17, 15) is 0 Å². The molecule has 1 aliphatic rings. The Morgan fingerprint density at radius 1 is 1.18 bits per heavy atom. The average Bonchev–Trinajstić information content (AvgIpc) is 2.89. The maximum Gasteiger partial charge on any atom is -0.0206 e. The number of aryl methyl sites for hydroxylation is 1. The molecule has 17 heavy (non-hydrogen) atoms. The van der Waals surface area contributed by atoms with E-state index in [1.807, 2.05) is 0 Å². The van der Waals surface area contributed by atoms with Crippen molar-refractivity contribution in [3.8, 4) is 0 Å². The summed E-state index contributed by atoms with van der Waals surface area (Å²) < 4.78 is 0. The molecule has 0 unspecified atom stereocenters. The first-order chi connectivity index (χ1) is 8.36. The molecule has 0 heterocycles. The van der Waals surface area contributed by atoms with Crippen LogP contribution < -0.4 is 0 Å². The van der Waals surface area contributed by atoms with Crippen molar-refractivity contribution in [2.24, 2.45) is 5.92 Å². The number of benzene rings is 1. The molecule has 2 rings (SSSR count). The van der Waals surface area contributed by atoms with E-state index < -0.39 is 0 Å². The van der Waals surface area contributed by atoms with Gasteiger partial charge in [-0.05, 0) is 50.5 Å². The van der Waals surface area contributed by atoms with Crippen LogP contribution in [0.25, 0.3) is 0 Å². The van der Waals surface area contributed by atoms with Crippen LogP contribution in [0.1, 0.15) is 51.0 Å². The second-order valence-electron chi connectivity index (χ2n) is 5.31. The summed E-state index contributed by atoms with van der Waals surface area (Å²) in [7, 11) is 0. The summed E-state index contributed by atoms with van der Waals surface area (Å²) in [5.41, 5.74) is 3.12. The molecule has 0 aromatic heterocycles. The fourth-order valence-corrected chi connectivity index (χ4v) is 2.83. The first-order valence-corrected chi connectivity index (χ1v) is 7.07. The van der Waals surface area contributed by atoms with Crippen LogP contribution in [0, 0.1) is 5.92 Å². The lowest BCUT2D eigenvalue weighted by Gasteiger charge is -2.09. The summed E-state index contributed by atoms with van der Waals surface area (Å²) in [5, 5.41) is 0. The van der Waals surface area contributed by atoms with Crippen molar-refractivity contribution in [1.29, 1.82) is 0 Å². The quantitative estimate of drug-likeness (QED) is 0.483. The number of hydrogen-bond acceptors (Lipinski definition) is 0. The zero-order valence-electron chi connectivity index (χ0n) is 11.0. The van der Waals surface area contributed by atoms with Crippen LogP contribution in [0.5, 0.6) is 0 Å². The molecule has 0 saturated heterocycles. The predicted octanol–water partition coefficient (Wildman–Crippen LogP) is 5.15. The van der Waals surface area contributed by atoms with Gasteiger partial charge < -0.3 is 0 Å². The highest BCUT2D eigenvalue weighted by atomic mass is 14.2. The van der Waals surface area contributed by atoms with Gasteiger partial charge >= 0.3 is 0 Å². The summed E-state index contributed by atoms with van der Waals surface area (Å²) in [6.45, 7) is 2.33. The SMILES string of the molecule is C/C(=C\CCCc1ccccc1)C1CCCC1. The summed E-state index contributed by atoms with van der Waals surface area (Å²) in [6, 6.07) is 10.8. The first kappa shape index (κ1) is 12.4. The molecule has 0 aliphatic heterocycles. The highest BCUT2D eigenvalue weighted by Gasteiger charge is 2.15. The van der Waals surface area contributed by atoms with Gasteiger partial charge in [-0.25, -0.2) is 0 Å². The van der Waals surface area contributed by atoms with Crippen molar-refractivity contribution >= 4 is 0 Å². The third-order valence-corrected chi connectivity index (χ3v) is 3.98. The van der Waals surface area contributed by atoms with Gasteiger partial charge in [0.05, 0.1) is 0 Å². The zero-order valence-corrected chi connectivity index (χ0v) is 11.0. The molecule has 0 bridgehead atoms. The molecule has 1 aliphatic carbocycles. The fraction of sp³-hybridized carbons (Fsp3) is 0.529. The van der Waals surface area contributed by atoms with Crippen molar-refractivity contribution in [3.05, 3.63) is 47.5 Å². The minimum atomic E-state index is 0.909. The average molecular weight is 228 g/mol. The standard InChI is InChI=1S/C17H24/c1-15(17-13-7-8-14-17)9-5-6-12-16-10-3-2-4-11-16/h2-4,9-11,17H,5-8,12-14H2,1H3/b15-9+. The van der Waals surface area contributed by atoms with Crippen molar-refractivity contribution in [2.75, 3.05) is 0 Å². The van der Waals surface area contributed by atoms with E-state index in [0.29, 0.717) is 0 Å². The van der Waals surface area contributed by atoms with E-state index in [0.717, 1.165) is 5.92 Å². The molecular formula is C17H24. The Morgan fingerprint density at radius 2 is 1.88 bits per heavy atom. The third-order valence-electron chi connectivity index (χ3n) is 3.98. The Hall–Kier alpha value is -1.04. The van der Waals surface area contributed by atoms with Gasteiger partial charge in [-0.2, -0.15) is 0 Å². The molecule has 1 fully saturated rings. The molecular weight excluding hydrogens is 204 g/mol. The molecule has 1 aromatic rings. The lowest BCUT2D eigenvalue weighted by molar-refractivity contribution is 0.636. The third kappa shape index (κ3) is 4.03. The van der Waals surface area contributed by atoms with Gasteiger partial charge in [0.2, 0.25) is 0 Å². The molecule has 92 valence electrons. The maximum atomic E-state index is 2.49. The number of rotatable bonds is 5. The van der Waals surface area contributed by atoms with E-state index >= 15 is 0 Å². The van der Waals surface area contributed by atoms with Crippen LogP contribution >= 0.6 is 0 Å². The Bertz CT molecular complexity index is 342. The second kappa shape index (κ2) is 6.64. The topological polar surface area (TPSA) is 0 Å². The van der Waals surface area contributed by atoms with Gasteiger partial charge in [-0.3, -0.25) is 0 Å². The normalized spacial score (nSPS) is 17.6. The Morgan fingerprint density at radius 3 is 2.59 bits per heavy atom. The van der Waals surface area contributed by atoms with Crippen molar-refractivity contribution in [2.45, 2.75) is 51.9 Å². The lowest BCUT2D eigenvalue weighted by atomic mass is 9.97. The van der Waals surface area contributed by atoms with Crippen LogP contribution in [0.2, 0.25) is 0 Å². The van der Waals surface area contributed by atoms with E-state index in [-0.39, 0.29) is 0 Å². The molecule has 1 aromatic carbocycles. The fourth-order valence-electron chi connectivity index (χ4n) is 2.83. The molecule has 0 spiro atoms. The van der Waals surface area contributed by atoms with Crippen molar-refractivity contribution < 1.29 is 0 Å². The van der Waals surface area contributed by atoms with Crippen LogP contribution in [-0.2, 0) is 6.42 Å². The maximum absolute atomic E-state index is 2.49. The predicted molar refractivity (Wildman–Crippen MR) is 75.1 cm³/mol. The number of hydrogen-bond donors (Lipinski definition) is 0. The molecule has 0 N–H and O–H groups in total. The van der Waals surface area contributed by atoms with Crippen LogP contribution in [0.3, 0.4) is 0 Å². The summed E-state index contributed by atoms with van der Waals surface area (Å²) in [5.74, 6) is 0.909. The molecule has 0 heteroatoms. The number of unbranched alkanes of at least 4 members (excludes halogenated alkanes) is 1. The monoisotopic (exact) mass is 228 g/mol. The zero-order chi connectivity index (χ0) is 11.9.